The third kappa shape index (κ3) is 3.68. The Balaban J connectivity index is 1.72. The zero-order valence-electron chi connectivity index (χ0n) is 11.6. The summed E-state index contributed by atoms with van der Waals surface area (Å²) in [5, 5.41) is 6.44. The van der Waals surface area contributed by atoms with Crippen LogP contribution in [0.15, 0.2) is 4.99 Å². The van der Waals surface area contributed by atoms with Crippen molar-refractivity contribution in [2.75, 3.05) is 20.1 Å². The Kier molecular flexibility index (Phi) is 4.39. The molecule has 1 saturated carbocycles. The van der Waals surface area contributed by atoms with E-state index in [9.17, 15) is 9.59 Å². The lowest BCUT2D eigenvalue weighted by molar-refractivity contribution is -0.147. The van der Waals surface area contributed by atoms with Gasteiger partial charge in [0.1, 0.15) is 0 Å². The summed E-state index contributed by atoms with van der Waals surface area (Å²) >= 11 is 0. The summed E-state index contributed by atoms with van der Waals surface area (Å²) in [4.78, 5) is 28.7. The molecule has 6 heteroatoms. The van der Waals surface area contributed by atoms with Gasteiger partial charge >= 0.3 is 0 Å². The number of carbonyl (C=O) groups excluding carboxylic acids is 2. The number of carbonyl (C=O) groups is 2. The molecule has 106 valence electrons. The highest BCUT2D eigenvalue weighted by atomic mass is 16.2. The molecule has 0 aromatic heterocycles. The standard InChI is InChI=1S/C13H22N4O2/c1-9-8-10(9)16-13(14-2)15-6-7-17-11(18)4-3-5-12(17)19/h9-10H,3-8H2,1-2H3,(H2,14,15,16). The number of likely N-dealkylation sites (tertiary alicyclic amines) is 1. The molecular weight excluding hydrogens is 244 g/mol. The van der Waals surface area contributed by atoms with E-state index < -0.39 is 0 Å². The molecule has 0 aromatic carbocycles. The number of amides is 2. The van der Waals surface area contributed by atoms with Crippen LogP contribution in [-0.4, -0.2) is 48.9 Å². The van der Waals surface area contributed by atoms with Gasteiger partial charge in [-0.05, 0) is 18.8 Å². The molecule has 2 rings (SSSR count). The first-order chi connectivity index (χ1) is 9.11. The molecule has 1 saturated heterocycles. The molecule has 2 fully saturated rings. The van der Waals surface area contributed by atoms with E-state index in [1.165, 1.54) is 11.3 Å². The van der Waals surface area contributed by atoms with Crippen molar-refractivity contribution in [1.29, 1.82) is 0 Å². The summed E-state index contributed by atoms with van der Waals surface area (Å²) in [6.07, 6.45) is 2.82. The minimum Gasteiger partial charge on any atom is -0.355 e. The van der Waals surface area contributed by atoms with Crippen LogP contribution in [0.5, 0.6) is 0 Å². The normalized spacial score (nSPS) is 27.5. The van der Waals surface area contributed by atoms with Crippen molar-refractivity contribution >= 4 is 17.8 Å². The molecular formula is C13H22N4O2. The van der Waals surface area contributed by atoms with Crippen LogP contribution in [0.1, 0.15) is 32.6 Å². The zero-order chi connectivity index (χ0) is 13.8. The number of hydrogen-bond donors (Lipinski definition) is 2. The predicted octanol–water partition coefficient (Wildman–Crippen LogP) is 0.0989. The number of aliphatic imine (C=N–C) groups is 1. The highest BCUT2D eigenvalue weighted by Gasteiger charge is 2.33. The molecule has 0 radical (unpaired) electrons. The third-order valence-corrected chi connectivity index (χ3v) is 3.67. The maximum absolute atomic E-state index is 11.6. The summed E-state index contributed by atoms with van der Waals surface area (Å²) in [6, 6.07) is 0.504. The number of rotatable bonds is 4. The monoisotopic (exact) mass is 266 g/mol. The lowest BCUT2D eigenvalue weighted by Gasteiger charge is -2.25. The van der Waals surface area contributed by atoms with Gasteiger partial charge in [0.05, 0.1) is 0 Å². The molecule has 2 aliphatic rings. The molecule has 2 N–H and O–H groups in total. The number of nitrogens with zero attached hydrogens (tertiary/aromatic N) is 2. The highest BCUT2D eigenvalue weighted by molar-refractivity contribution is 5.97. The largest absolute Gasteiger partial charge is 0.355 e. The predicted molar refractivity (Wildman–Crippen MR) is 72.6 cm³/mol. The fraction of sp³-hybridized carbons (Fsp3) is 0.769. The summed E-state index contributed by atoms with van der Waals surface area (Å²) in [7, 11) is 1.72. The average Bonchev–Trinajstić information content (AvgIpc) is 3.07. The molecule has 2 amide bonds. The van der Waals surface area contributed by atoms with Crippen molar-refractivity contribution in [2.24, 2.45) is 10.9 Å². The van der Waals surface area contributed by atoms with Crippen LogP contribution in [0.3, 0.4) is 0 Å². The Bertz CT molecular complexity index is 378. The smallest absolute Gasteiger partial charge is 0.229 e. The van der Waals surface area contributed by atoms with Gasteiger partial charge in [-0.1, -0.05) is 6.92 Å². The molecule has 6 nitrogen and oxygen atoms in total. The lowest BCUT2D eigenvalue weighted by Crippen LogP contribution is -2.47. The Hall–Kier alpha value is -1.59. The van der Waals surface area contributed by atoms with E-state index >= 15 is 0 Å². The van der Waals surface area contributed by atoms with Crippen molar-refractivity contribution in [3.05, 3.63) is 0 Å². The van der Waals surface area contributed by atoms with Gasteiger partial charge in [-0.25, -0.2) is 0 Å². The molecule has 0 aromatic rings. The number of nitrogens with one attached hydrogen (secondary N) is 2. The fourth-order valence-corrected chi connectivity index (χ4v) is 2.23. The van der Waals surface area contributed by atoms with E-state index in [1.807, 2.05) is 0 Å². The molecule has 2 unspecified atom stereocenters. The van der Waals surface area contributed by atoms with Crippen LogP contribution >= 0.6 is 0 Å². The minimum absolute atomic E-state index is 0.0585. The Morgan fingerprint density at radius 2 is 2.00 bits per heavy atom. The number of guanidine groups is 1. The number of hydrogen-bond acceptors (Lipinski definition) is 3. The zero-order valence-corrected chi connectivity index (χ0v) is 11.6. The van der Waals surface area contributed by atoms with Crippen molar-refractivity contribution < 1.29 is 9.59 Å². The maximum Gasteiger partial charge on any atom is 0.229 e. The van der Waals surface area contributed by atoms with Crippen LogP contribution in [0.4, 0.5) is 0 Å². The van der Waals surface area contributed by atoms with Crippen molar-refractivity contribution in [2.45, 2.75) is 38.6 Å². The van der Waals surface area contributed by atoms with Crippen LogP contribution < -0.4 is 10.6 Å². The van der Waals surface area contributed by atoms with E-state index in [0.29, 0.717) is 44.3 Å². The van der Waals surface area contributed by atoms with Crippen molar-refractivity contribution in [3.63, 3.8) is 0 Å². The topological polar surface area (TPSA) is 73.8 Å². The van der Waals surface area contributed by atoms with Crippen LogP contribution in [0, 0.1) is 5.92 Å². The fourth-order valence-electron chi connectivity index (χ4n) is 2.23. The van der Waals surface area contributed by atoms with E-state index in [4.69, 9.17) is 0 Å². The second kappa shape index (κ2) is 6.04. The quantitative estimate of drug-likeness (QED) is 0.430. The average molecular weight is 266 g/mol. The van der Waals surface area contributed by atoms with Gasteiger partial charge in [0.2, 0.25) is 11.8 Å². The van der Waals surface area contributed by atoms with Gasteiger partial charge in [-0.3, -0.25) is 19.5 Å². The first-order valence-corrected chi connectivity index (χ1v) is 6.92. The molecule has 0 bridgehead atoms. The summed E-state index contributed by atoms with van der Waals surface area (Å²) in [6.45, 7) is 3.15. The first kappa shape index (κ1) is 13.8. The van der Waals surface area contributed by atoms with Crippen molar-refractivity contribution in [1.82, 2.24) is 15.5 Å². The summed E-state index contributed by atoms with van der Waals surface area (Å²) in [5.41, 5.74) is 0. The molecule has 0 spiro atoms. The molecule has 19 heavy (non-hydrogen) atoms. The second-order valence-corrected chi connectivity index (χ2v) is 5.26. The third-order valence-electron chi connectivity index (χ3n) is 3.67. The number of imide groups is 1. The van der Waals surface area contributed by atoms with Gasteiger partial charge in [0.15, 0.2) is 5.96 Å². The van der Waals surface area contributed by atoms with Gasteiger partial charge < -0.3 is 10.6 Å². The SMILES string of the molecule is CN=C(NCCN1C(=O)CCCC1=O)NC1CC1C. The van der Waals surface area contributed by atoms with Gasteiger partial charge in [-0.2, -0.15) is 0 Å². The van der Waals surface area contributed by atoms with Crippen LogP contribution in [0.2, 0.25) is 0 Å². The highest BCUT2D eigenvalue weighted by Crippen LogP contribution is 2.28. The summed E-state index contributed by atoms with van der Waals surface area (Å²) < 4.78 is 0. The second-order valence-electron chi connectivity index (χ2n) is 5.26. The Morgan fingerprint density at radius 1 is 1.37 bits per heavy atom. The first-order valence-electron chi connectivity index (χ1n) is 6.92. The Labute approximate surface area is 113 Å². The molecule has 1 aliphatic carbocycles. The van der Waals surface area contributed by atoms with E-state index in [2.05, 4.69) is 22.5 Å². The van der Waals surface area contributed by atoms with Crippen molar-refractivity contribution in [3.8, 4) is 0 Å². The van der Waals surface area contributed by atoms with E-state index in [0.717, 1.165) is 5.96 Å². The van der Waals surface area contributed by atoms with E-state index in [1.54, 1.807) is 7.05 Å². The number of piperidine rings is 1. The minimum atomic E-state index is -0.0585. The van der Waals surface area contributed by atoms with Crippen LogP contribution in [-0.2, 0) is 9.59 Å². The van der Waals surface area contributed by atoms with Gasteiger partial charge in [0, 0.05) is 39.0 Å². The Morgan fingerprint density at radius 3 is 2.53 bits per heavy atom. The van der Waals surface area contributed by atoms with Crippen LogP contribution in [0.25, 0.3) is 0 Å². The van der Waals surface area contributed by atoms with Gasteiger partial charge in [0.25, 0.3) is 0 Å². The van der Waals surface area contributed by atoms with Gasteiger partial charge in [-0.15, -0.1) is 0 Å². The van der Waals surface area contributed by atoms with E-state index in [-0.39, 0.29) is 11.8 Å². The molecule has 1 heterocycles. The lowest BCUT2D eigenvalue weighted by atomic mass is 10.1. The molecule has 1 aliphatic heterocycles. The summed E-state index contributed by atoms with van der Waals surface area (Å²) in [5.74, 6) is 1.32. The maximum atomic E-state index is 11.6. The molecule has 2 atom stereocenters.